The van der Waals surface area contributed by atoms with Gasteiger partial charge < -0.3 is 10.1 Å². The number of para-hydroxylation sites is 1. The molecule has 3 aromatic rings. The van der Waals surface area contributed by atoms with Gasteiger partial charge in [0.2, 0.25) is 5.88 Å². The van der Waals surface area contributed by atoms with Crippen molar-refractivity contribution in [1.82, 2.24) is 14.8 Å². The van der Waals surface area contributed by atoms with Gasteiger partial charge in [0.05, 0.1) is 23.9 Å². The molecule has 1 N–H and O–H groups in total. The van der Waals surface area contributed by atoms with Crippen LogP contribution < -0.4 is 10.1 Å². The van der Waals surface area contributed by atoms with Crippen molar-refractivity contribution in [3.05, 3.63) is 47.7 Å². The smallest absolute Gasteiger partial charge is 0.216 e. The second-order valence-corrected chi connectivity index (χ2v) is 5.15. The second kappa shape index (κ2) is 6.05. The molecule has 0 saturated heterocycles. The van der Waals surface area contributed by atoms with Gasteiger partial charge in [-0.05, 0) is 24.6 Å². The Morgan fingerprint density at radius 1 is 1.18 bits per heavy atom. The highest BCUT2D eigenvalue weighted by Crippen LogP contribution is 2.23. The van der Waals surface area contributed by atoms with E-state index in [1.54, 1.807) is 11.8 Å². The number of nitrogens with zero attached hydrogens (tertiary/aromatic N) is 3. The third-order valence-corrected chi connectivity index (χ3v) is 3.74. The van der Waals surface area contributed by atoms with Gasteiger partial charge in [-0.25, -0.2) is 9.67 Å². The van der Waals surface area contributed by atoms with Crippen molar-refractivity contribution in [3.8, 4) is 5.88 Å². The normalized spacial score (nSPS) is 10.9. The van der Waals surface area contributed by atoms with Crippen LogP contribution in [0.25, 0.3) is 10.9 Å². The van der Waals surface area contributed by atoms with Gasteiger partial charge >= 0.3 is 0 Å². The Hall–Kier alpha value is -2.56. The number of pyridine rings is 1. The van der Waals surface area contributed by atoms with E-state index < -0.39 is 0 Å². The molecule has 0 amide bonds. The number of hydrogen-bond acceptors (Lipinski definition) is 4. The second-order valence-electron chi connectivity index (χ2n) is 5.15. The molecule has 22 heavy (non-hydrogen) atoms. The molecular weight excluding hydrogens is 276 g/mol. The van der Waals surface area contributed by atoms with Crippen LogP contribution in [0.1, 0.15) is 18.2 Å². The average Bonchev–Trinajstić information content (AvgIpc) is 2.87. The van der Waals surface area contributed by atoms with Crippen molar-refractivity contribution < 1.29 is 4.74 Å². The predicted molar refractivity (Wildman–Crippen MR) is 88.2 cm³/mol. The number of aryl methyl sites for hydroxylation is 2. The van der Waals surface area contributed by atoms with E-state index in [1.165, 1.54) is 0 Å². The zero-order valence-electron chi connectivity index (χ0n) is 13.1. The lowest BCUT2D eigenvalue weighted by Gasteiger charge is -2.08. The quantitative estimate of drug-likeness (QED) is 0.786. The molecule has 0 aliphatic heterocycles. The predicted octanol–water partition coefficient (Wildman–Crippen LogP) is 3.15. The minimum Gasteiger partial charge on any atom is -0.481 e. The molecule has 0 fully saturated rings. The molecule has 0 aliphatic rings. The Labute approximate surface area is 129 Å². The molecule has 5 nitrogen and oxygen atoms in total. The van der Waals surface area contributed by atoms with Crippen molar-refractivity contribution in [2.45, 2.75) is 19.9 Å². The lowest BCUT2D eigenvalue weighted by atomic mass is 10.2. The first-order valence-corrected chi connectivity index (χ1v) is 7.41. The maximum atomic E-state index is 5.46. The monoisotopic (exact) mass is 296 g/mol. The first-order valence-electron chi connectivity index (χ1n) is 7.41. The summed E-state index contributed by atoms with van der Waals surface area (Å²) in [6.45, 7) is 2.74. The van der Waals surface area contributed by atoms with Gasteiger partial charge in [-0.3, -0.25) is 0 Å². The number of rotatable bonds is 5. The Balaban J connectivity index is 1.84. The number of benzene rings is 1. The summed E-state index contributed by atoms with van der Waals surface area (Å²) in [5.41, 5.74) is 3.12. The molecule has 0 saturated carbocycles. The van der Waals surface area contributed by atoms with E-state index in [2.05, 4.69) is 34.5 Å². The molecule has 5 heteroatoms. The molecule has 0 atom stereocenters. The Bertz CT molecular complexity index is 794. The highest BCUT2D eigenvalue weighted by molar-refractivity contribution is 5.80. The fourth-order valence-electron chi connectivity index (χ4n) is 2.67. The molecule has 114 valence electrons. The zero-order chi connectivity index (χ0) is 15.5. The number of aromatic nitrogens is 3. The minimum atomic E-state index is 0.644. The summed E-state index contributed by atoms with van der Waals surface area (Å²) in [6, 6.07) is 12.2. The first-order chi connectivity index (χ1) is 10.7. The molecule has 0 radical (unpaired) electrons. The van der Waals surface area contributed by atoms with Crippen LogP contribution in [0.2, 0.25) is 0 Å². The highest BCUT2D eigenvalue weighted by atomic mass is 16.5. The summed E-state index contributed by atoms with van der Waals surface area (Å²) in [4.78, 5) is 4.63. The van der Waals surface area contributed by atoms with Crippen LogP contribution in [0, 0.1) is 0 Å². The van der Waals surface area contributed by atoms with Crippen molar-refractivity contribution in [2.24, 2.45) is 7.05 Å². The number of anilines is 1. The molecule has 0 bridgehead atoms. The number of nitrogens with one attached hydrogen (secondary N) is 1. The molecule has 1 aromatic carbocycles. The first kappa shape index (κ1) is 14.4. The lowest BCUT2D eigenvalue weighted by molar-refractivity contribution is 0.369. The van der Waals surface area contributed by atoms with Gasteiger partial charge in [0.15, 0.2) is 0 Å². The largest absolute Gasteiger partial charge is 0.481 e. The number of ether oxygens (including phenoxy) is 1. The lowest BCUT2D eigenvalue weighted by Crippen LogP contribution is -2.04. The van der Waals surface area contributed by atoms with E-state index in [4.69, 9.17) is 4.74 Å². The van der Waals surface area contributed by atoms with Crippen LogP contribution in [0.3, 0.4) is 0 Å². The fraction of sp³-hybridized carbons (Fsp3) is 0.294. The van der Waals surface area contributed by atoms with E-state index >= 15 is 0 Å². The van der Waals surface area contributed by atoms with Gasteiger partial charge in [0, 0.05) is 19.0 Å². The van der Waals surface area contributed by atoms with E-state index in [9.17, 15) is 0 Å². The number of fused-ring (bicyclic) bond motifs is 1. The molecular formula is C17H20N4O. The highest BCUT2D eigenvalue weighted by Gasteiger charge is 2.15. The van der Waals surface area contributed by atoms with E-state index in [-0.39, 0.29) is 0 Å². The summed E-state index contributed by atoms with van der Waals surface area (Å²) in [7, 11) is 3.57. The molecule has 0 unspecified atom stereocenters. The summed E-state index contributed by atoms with van der Waals surface area (Å²) >= 11 is 0. The third-order valence-electron chi connectivity index (χ3n) is 3.74. The topological polar surface area (TPSA) is 52.0 Å². The average molecular weight is 296 g/mol. The number of methoxy groups -OCH3 is 1. The van der Waals surface area contributed by atoms with Gasteiger partial charge in [0.25, 0.3) is 0 Å². The Kier molecular flexibility index (Phi) is 3.96. The Morgan fingerprint density at radius 2 is 2.00 bits per heavy atom. The van der Waals surface area contributed by atoms with Crippen molar-refractivity contribution in [2.75, 3.05) is 12.4 Å². The summed E-state index contributed by atoms with van der Waals surface area (Å²) in [5.74, 6) is 1.65. The zero-order valence-corrected chi connectivity index (χ0v) is 13.1. The standard InChI is InChI=1S/C17H20N4O/c1-4-14-13(17(22-3)21(2)20-14)11-18-16-10-9-12-7-5-6-8-15(12)19-16/h5-10H,4,11H2,1-3H3,(H,18,19). The SMILES string of the molecule is CCc1nn(C)c(OC)c1CNc1ccc2ccccc2n1. The molecule has 0 spiro atoms. The number of hydrogen-bond donors (Lipinski definition) is 1. The van der Waals surface area contributed by atoms with Crippen molar-refractivity contribution >= 4 is 16.7 Å². The summed E-state index contributed by atoms with van der Waals surface area (Å²) in [5, 5.41) is 9.00. The van der Waals surface area contributed by atoms with Gasteiger partial charge in [-0.2, -0.15) is 5.10 Å². The van der Waals surface area contributed by atoms with Gasteiger partial charge in [0.1, 0.15) is 5.82 Å². The van der Waals surface area contributed by atoms with Crippen LogP contribution in [0.5, 0.6) is 5.88 Å². The minimum absolute atomic E-state index is 0.644. The maximum Gasteiger partial charge on any atom is 0.216 e. The summed E-state index contributed by atoms with van der Waals surface area (Å²) in [6.07, 6.45) is 0.874. The Morgan fingerprint density at radius 3 is 2.77 bits per heavy atom. The molecule has 2 aromatic heterocycles. The van der Waals surface area contributed by atoms with Crippen LogP contribution in [0.4, 0.5) is 5.82 Å². The third kappa shape index (κ3) is 2.62. The van der Waals surface area contributed by atoms with E-state index in [0.717, 1.165) is 40.3 Å². The van der Waals surface area contributed by atoms with E-state index in [0.29, 0.717) is 6.54 Å². The van der Waals surface area contributed by atoms with Gasteiger partial charge in [-0.1, -0.05) is 25.1 Å². The molecule has 2 heterocycles. The fourth-order valence-corrected chi connectivity index (χ4v) is 2.67. The van der Waals surface area contributed by atoms with Gasteiger partial charge in [-0.15, -0.1) is 0 Å². The molecule has 3 rings (SSSR count). The van der Waals surface area contributed by atoms with Crippen LogP contribution >= 0.6 is 0 Å². The van der Waals surface area contributed by atoms with Crippen LogP contribution in [0.15, 0.2) is 36.4 Å². The van der Waals surface area contributed by atoms with Crippen LogP contribution in [-0.4, -0.2) is 21.9 Å². The van der Waals surface area contributed by atoms with Crippen LogP contribution in [-0.2, 0) is 20.0 Å². The van der Waals surface area contributed by atoms with Crippen molar-refractivity contribution in [1.29, 1.82) is 0 Å². The molecule has 0 aliphatic carbocycles. The van der Waals surface area contributed by atoms with Crippen molar-refractivity contribution in [3.63, 3.8) is 0 Å². The summed E-state index contributed by atoms with van der Waals surface area (Å²) < 4.78 is 7.24. The van der Waals surface area contributed by atoms with E-state index in [1.807, 2.05) is 31.3 Å². The maximum absolute atomic E-state index is 5.46.